The number of nitrogens with zero attached hydrogens (tertiary/aromatic N) is 4. The van der Waals surface area contributed by atoms with Crippen LogP contribution in [0.15, 0.2) is 64.0 Å². The van der Waals surface area contributed by atoms with Crippen LogP contribution in [0, 0.1) is 5.82 Å². The second-order valence-electron chi connectivity index (χ2n) is 7.43. The smallest absolute Gasteiger partial charge is 0.258 e. The minimum atomic E-state index is -0.573. The zero-order valence-corrected chi connectivity index (χ0v) is 17.6. The molecule has 0 bridgehead atoms. The Labute approximate surface area is 183 Å². The number of benzene rings is 1. The van der Waals surface area contributed by atoms with E-state index in [1.807, 2.05) is 18.2 Å². The third-order valence-corrected chi connectivity index (χ3v) is 6.30. The standard InChI is InChI=1S/C22H15BrFN5O2/c23-18-6-2-5-16-13(10-27-29(16)18)22(30)28-8-7-15-19(26-11-25-15)20(28)17-9-12-3-1-4-14(24)21(12)31-17/h1-6,9-11,20H,7-8H2,(H,25,26)/t20-/m1/s1. The van der Waals surface area contributed by atoms with Crippen LogP contribution >= 0.6 is 15.9 Å². The Bertz CT molecular complexity index is 1470. The molecule has 0 saturated carbocycles. The van der Waals surface area contributed by atoms with Crippen molar-refractivity contribution in [3.05, 3.63) is 88.1 Å². The van der Waals surface area contributed by atoms with Crippen molar-refractivity contribution in [3.8, 4) is 0 Å². The minimum absolute atomic E-state index is 0.174. The van der Waals surface area contributed by atoms with Crippen LogP contribution in [0.5, 0.6) is 0 Å². The van der Waals surface area contributed by atoms with Crippen molar-refractivity contribution in [2.45, 2.75) is 12.5 Å². The molecular formula is C22H15BrFN5O2. The average molecular weight is 480 g/mol. The monoisotopic (exact) mass is 479 g/mol. The van der Waals surface area contributed by atoms with Gasteiger partial charge in [-0.3, -0.25) is 4.79 Å². The number of fused-ring (bicyclic) bond motifs is 3. The number of carbonyl (C=O) groups excluding carboxylic acids is 1. The Morgan fingerprint density at radius 2 is 2.13 bits per heavy atom. The van der Waals surface area contributed by atoms with Crippen molar-refractivity contribution in [1.29, 1.82) is 0 Å². The number of aromatic amines is 1. The highest BCUT2D eigenvalue weighted by atomic mass is 79.9. The van der Waals surface area contributed by atoms with E-state index in [4.69, 9.17) is 4.42 Å². The second kappa shape index (κ2) is 6.78. The van der Waals surface area contributed by atoms with Gasteiger partial charge in [0.25, 0.3) is 5.91 Å². The topological polar surface area (TPSA) is 79.4 Å². The van der Waals surface area contributed by atoms with Gasteiger partial charge < -0.3 is 14.3 Å². The number of hydrogen-bond donors (Lipinski definition) is 1. The SMILES string of the molecule is O=C(c1cnn2c(Br)cccc12)N1CCc2[nH]cnc2[C@H]1c1cc2cccc(F)c2o1. The Kier molecular flexibility index (Phi) is 4.01. The molecule has 31 heavy (non-hydrogen) atoms. The number of amides is 1. The normalized spacial score (nSPS) is 16.2. The third kappa shape index (κ3) is 2.73. The Balaban J connectivity index is 1.50. The number of imidazole rings is 1. The van der Waals surface area contributed by atoms with Crippen molar-refractivity contribution in [2.24, 2.45) is 0 Å². The summed E-state index contributed by atoms with van der Waals surface area (Å²) in [6.07, 6.45) is 3.81. The highest BCUT2D eigenvalue weighted by molar-refractivity contribution is 9.10. The molecule has 4 aromatic heterocycles. The number of carbonyl (C=O) groups is 1. The average Bonchev–Trinajstić information content (AvgIpc) is 3.50. The number of halogens is 2. The van der Waals surface area contributed by atoms with Crippen LogP contribution in [0.25, 0.3) is 16.5 Å². The Morgan fingerprint density at radius 3 is 3.00 bits per heavy atom. The van der Waals surface area contributed by atoms with E-state index in [1.54, 1.807) is 40.1 Å². The van der Waals surface area contributed by atoms with Crippen LogP contribution in [0.4, 0.5) is 4.39 Å². The number of pyridine rings is 1. The lowest BCUT2D eigenvalue weighted by atomic mass is 9.99. The van der Waals surface area contributed by atoms with E-state index in [0.717, 1.165) is 10.3 Å². The van der Waals surface area contributed by atoms with E-state index in [0.29, 0.717) is 40.9 Å². The summed E-state index contributed by atoms with van der Waals surface area (Å²) in [5.74, 6) is -0.154. The predicted octanol–water partition coefficient (Wildman–Crippen LogP) is 4.49. The summed E-state index contributed by atoms with van der Waals surface area (Å²) < 4.78 is 22.6. The van der Waals surface area contributed by atoms with Crippen molar-refractivity contribution < 1.29 is 13.6 Å². The zero-order chi connectivity index (χ0) is 21.1. The Hall–Kier alpha value is -3.46. The molecular weight excluding hydrogens is 465 g/mol. The maximum Gasteiger partial charge on any atom is 0.258 e. The first-order chi connectivity index (χ1) is 15.1. The number of H-pyrrole nitrogens is 1. The van der Waals surface area contributed by atoms with Crippen molar-refractivity contribution >= 4 is 38.3 Å². The lowest BCUT2D eigenvalue weighted by Gasteiger charge is -2.33. The molecule has 6 rings (SSSR count). The number of hydrogen-bond acceptors (Lipinski definition) is 4. The summed E-state index contributed by atoms with van der Waals surface area (Å²) in [5, 5.41) is 4.98. The van der Waals surface area contributed by atoms with Gasteiger partial charge in [0.05, 0.1) is 29.3 Å². The van der Waals surface area contributed by atoms with Crippen LogP contribution < -0.4 is 0 Å². The lowest BCUT2D eigenvalue weighted by Crippen LogP contribution is -2.40. The summed E-state index contributed by atoms with van der Waals surface area (Å²) in [6, 6.07) is 11.6. The number of rotatable bonds is 2. The molecule has 0 aliphatic carbocycles. The molecule has 5 heterocycles. The summed E-state index contributed by atoms with van der Waals surface area (Å²) in [4.78, 5) is 23.0. The highest BCUT2D eigenvalue weighted by Gasteiger charge is 2.37. The quantitative estimate of drug-likeness (QED) is 0.378. The molecule has 1 atom stereocenters. The first-order valence-electron chi connectivity index (χ1n) is 9.75. The minimum Gasteiger partial charge on any atom is -0.455 e. The van der Waals surface area contributed by atoms with Crippen molar-refractivity contribution in [3.63, 3.8) is 0 Å². The van der Waals surface area contributed by atoms with Crippen molar-refractivity contribution in [2.75, 3.05) is 6.54 Å². The molecule has 5 aromatic rings. The molecule has 1 aliphatic heterocycles. The molecule has 0 unspecified atom stereocenters. The van der Waals surface area contributed by atoms with E-state index < -0.39 is 11.9 Å². The number of nitrogens with one attached hydrogen (secondary N) is 1. The van der Waals surface area contributed by atoms with E-state index in [9.17, 15) is 9.18 Å². The predicted molar refractivity (Wildman–Crippen MR) is 114 cm³/mol. The molecule has 9 heteroatoms. The van der Waals surface area contributed by atoms with Gasteiger partial charge in [-0.15, -0.1) is 0 Å². The molecule has 1 amide bonds. The van der Waals surface area contributed by atoms with E-state index >= 15 is 0 Å². The first-order valence-corrected chi connectivity index (χ1v) is 10.5. The molecule has 154 valence electrons. The molecule has 7 nitrogen and oxygen atoms in total. The fraction of sp³-hybridized carbons (Fsp3) is 0.136. The molecule has 0 saturated heterocycles. The summed E-state index contributed by atoms with van der Waals surface area (Å²) in [6.45, 7) is 0.462. The summed E-state index contributed by atoms with van der Waals surface area (Å²) in [7, 11) is 0. The fourth-order valence-electron chi connectivity index (χ4n) is 4.26. The van der Waals surface area contributed by atoms with Gasteiger partial charge in [0.1, 0.15) is 16.4 Å². The van der Waals surface area contributed by atoms with Gasteiger partial charge in [0.15, 0.2) is 11.4 Å². The zero-order valence-electron chi connectivity index (χ0n) is 16.0. The van der Waals surface area contributed by atoms with Gasteiger partial charge in [-0.25, -0.2) is 13.9 Å². The largest absolute Gasteiger partial charge is 0.455 e. The van der Waals surface area contributed by atoms with E-state index in [-0.39, 0.29) is 11.5 Å². The molecule has 0 fully saturated rings. The van der Waals surface area contributed by atoms with Crippen LogP contribution in [0.3, 0.4) is 0 Å². The number of furan rings is 1. The lowest BCUT2D eigenvalue weighted by molar-refractivity contribution is 0.0674. The van der Waals surface area contributed by atoms with Crippen LogP contribution in [0.2, 0.25) is 0 Å². The fourth-order valence-corrected chi connectivity index (χ4v) is 4.70. The third-order valence-electron chi connectivity index (χ3n) is 5.70. The van der Waals surface area contributed by atoms with Crippen LogP contribution in [0.1, 0.15) is 33.5 Å². The van der Waals surface area contributed by atoms with Gasteiger partial charge in [-0.2, -0.15) is 5.10 Å². The Morgan fingerprint density at radius 1 is 1.26 bits per heavy atom. The summed E-state index contributed by atoms with van der Waals surface area (Å²) >= 11 is 3.46. The van der Waals surface area contributed by atoms with Gasteiger partial charge in [-0.05, 0) is 40.2 Å². The first kappa shape index (κ1) is 18.3. The van der Waals surface area contributed by atoms with Crippen LogP contribution in [-0.2, 0) is 6.42 Å². The summed E-state index contributed by atoms with van der Waals surface area (Å²) in [5.41, 5.74) is 3.00. The van der Waals surface area contributed by atoms with E-state index in [2.05, 4.69) is 31.0 Å². The molecule has 1 N–H and O–H groups in total. The molecule has 1 aromatic carbocycles. The highest BCUT2D eigenvalue weighted by Crippen LogP contribution is 2.38. The van der Waals surface area contributed by atoms with Gasteiger partial charge in [0.2, 0.25) is 0 Å². The van der Waals surface area contributed by atoms with Crippen molar-refractivity contribution in [1.82, 2.24) is 24.5 Å². The van der Waals surface area contributed by atoms with Gasteiger partial charge in [0, 0.05) is 24.0 Å². The molecule has 0 radical (unpaired) electrons. The number of aromatic nitrogens is 4. The van der Waals surface area contributed by atoms with E-state index in [1.165, 1.54) is 6.07 Å². The van der Waals surface area contributed by atoms with Crippen LogP contribution in [-0.4, -0.2) is 36.9 Å². The molecule has 0 spiro atoms. The van der Waals surface area contributed by atoms with Gasteiger partial charge >= 0.3 is 0 Å². The molecule has 1 aliphatic rings. The number of para-hydroxylation sites is 1. The second-order valence-corrected chi connectivity index (χ2v) is 8.24. The maximum absolute atomic E-state index is 14.3. The maximum atomic E-state index is 14.3. The van der Waals surface area contributed by atoms with Gasteiger partial charge in [-0.1, -0.05) is 18.2 Å².